The molecule has 2 heterocycles. The van der Waals surface area contributed by atoms with Crippen LogP contribution in [0, 0.1) is 10.8 Å². The van der Waals surface area contributed by atoms with E-state index in [1.165, 1.54) is 0 Å². The van der Waals surface area contributed by atoms with Gasteiger partial charge >= 0.3 is 5.97 Å². The zero-order valence-electron chi connectivity index (χ0n) is 20.8. The van der Waals surface area contributed by atoms with Gasteiger partial charge in [0, 0.05) is 26.1 Å². The van der Waals surface area contributed by atoms with Crippen LogP contribution >= 0.6 is 22.7 Å². The first-order valence-corrected chi connectivity index (χ1v) is 13.6. The second-order valence-electron chi connectivity index (χ2n) is 10.5. The molecule has 0 radical (unpaired) electrons. The number of hydrogen-bond acceptors (Lipinski definition) is 6. The zero-order valence-corrected chi connectivity index (χ0v) is 22.4. The zero-order chi connectivity index (χ0) is 25.4. The Balaban J connectivity index is 1.91. The topological polar surface area (TPSA) is 91.7 Å². The molecule has 0 bridgehead atoms. The van der Waals surface area contributed by atoms with E-state index in [0.29, 0.717) is 12.8 Å². The van der Waals surface area contributed by atoms with E-state index >= 15 is 0 Å². The van der Waals surface area contributed by atoms with E-state index in [-0.39, 0.29) is 22.9 Å². The Kier molecular flexibility index (Phi) is 10.7. The molecule has 0 aliphatic carbocycles. The summed E-state index contributed by atoms with van der Waals surface area (Å²) in [6.45, 7) is 7.72. The molecule has 2 aromatic rings. The molecule has 0 fully saturated rings. The molecule has 0 saturated carbocycles. The molecule has 0 aliphatic heterocycles. The van der Waals surface area contributed by atoms with Crippen LogP contribution in [-0.4, -0.2) is 22.8 Å². The maximum Gasteiger partial charge on any atom is 0.309 e. The number of hydrogen-bond donors (Lipinski definition) is 2. The fourth-order valence-electron chi connectivity index (χ4n) is 3.73. The highest BCUT2D eigenvalue weighted by atomic mass is 32.1. The molecule has 0 aliphatic rings. The molecule has 0 spiro atoms. The van der Waals surface area contributed by atoms with Gasteiger partial charge in [-0.2, -0.15) is 0 Å². The lowest BCUT2D eigenvalue weighted by Gasteiger charge is -2.20. The van der Waals surface area contributed by atoms with E-state index in [2.05, 4.69) is 0 Å². The van der Waals surface area contributed by atoms with Crippen molar-refractivity contribution in [3.8, 4) is 0 Å². The number of aliphatic carboxylic acids is 1. The van der Waals surface area contributed by atoms with Crippen LogP contribution in [0.25, 0.3) is 0 Å². The van der Waals surface area contributed by atoms with E-state index < -0.39 is 11.4 Å². The first kappa shape index (κ1) is 28.4. The monoisotopic (exact) mass is 506 g/mol. The number of carboxylic acid groups (broad SMARTS) is 1. The van der Waals surface area contributed by atoms with Crippen LogP contribution in [-0.2, 0) is 30.5 Å². The summed E-state index contributed by atoms with van der Waals surface area (Å²) < 4.78 is 0. The summed E-state index contributed by atoms with van der Waals surface area (Å²) in [4.78, 5) is 39.8. The van der Waals surface area contributed by atoms with E-state index in [1.807, 2.05) is 13.8 Å². The molecular formula is C27H38O5S2. The number of carbonyl (C=O) groups is 1. The minimum absolute atomic E-state index is 0.00120. The van der Waals surface area contributed by atoms with Crippen molar-refractivity contribution < 1.29 is 15.0 Å². The normalized spacial score (nSPS) is 12.1. The second kappa shape index (κ2) is 12.8. The first-order valence-electron chi connectivity index (χ1n) is 12.0. The van der Waals surface area contributed by atoms with E-state index in [0.717, 1.165) is 64.5 Å². The molecule has 0 aromatic carbocycles. The lowest BCUT2D eigenvalue weighted by molar-refractivity contribution is -0.147. The van der Waals surface area contributed by atoms with Gasteiger partial charge in [-0.15, -0.1) is 22.7 Å². The Hall–Kier alpha value is -1.83. The van der Waals surface area contributed by atoms with Gasteiger partial charge in [0.15, 0.2) is 10.9 Å². The highest BCUT2D eigenvalue weighted by Crippen LogP contribution is 2.26. The van der Waals surface area contributed by atoms with Crippen LogP contribution in [0.15, 0.2) is 33.9 Å². The first-order chi connectivity index (χ1) is 15.9. The van der Waals surface area contributed by atoms with Gasteiger partial charge in [0.2, 0.25) is 0 Å². The quantitative estimate of drug-likeness (QED) is 0.354. The number of carboxylic acids is 1. The largest absolute Gasteiger partial charge is 0.481 e. The van der Waals surface area contributed by atoms with Crippen molar-refractivity contribution in [1.29, 1.82) is 0 Å². The fraction of sp³-hybridized carbons (Fsp3) is 0.593. The molecule has 0 saturated heterocycles. The number of aryl methyl sites for hydroxylation is 4. The fourth-order valence-corrected chi connectivity index (χ4v) is 6.09. The predicted octanol–water partition coefficient (Wildman–Crippen LogP) is 5.48. The van der Waals surface area contributed by atoms with Gasteiger partial charge in [-0.3, -0.25) is 14.4 Å². The minimum Gasteiger partial charge on any atom is -0.481 e. The van der Waals surface area contributed by atoms with Gasteiger partial charge in [0.25, 0.3) is 0 Å². The standard InChI is InChI=1S/C27H38O5S2/c1-26(2,18-28)12-6-10-23-16-19(29)14-21(33-23)8-5-9-22-15-20(30)17-24(34-22)11-7-13-27(3,4)25(31)32/h14-17,28H,5-13,18H2,1-4H3,(H,31,32). The highest BCUT2D eigenvalue weighted by molar-refractivity contribution is 7.11. The van der Waals surface area contributed by atoms with Crippen LogP contribution in [0.1, 0.15) is 79.3 Å². The van der Waals surface area contributed by atoms with Crippen molar-refractivity contribution in [2.45, 2.75) is 85.5 Å². The summed E-state index contributed by atoms with van der Waals surface area (Å²) in [5, 5.41) is 18.7. The molecule has 0 atom stereocenters. The molecule has 2 aromatic heterocycles. The van der Waals surface area contributed by atoms with Crippen LogP contribution in [0.4, 0.5) is 0 Å². The Morgan fingerprint density at radius 3 is 1.50 bits per heavy atom. The molecule has 0 amide bonds. The van der Waals surface area contributed by atoms with E-state index in [1.54, 1.807) is 60.8 Å². The van der Waals surface area contributed by atoms with Crippen molar-refractivity contribution in [3.63, 3.8) is 0 Å². The van der Waals surface area contributed by atoms with E-state index in [4.69, 9.17) is 0 Å². The summed E-state index contributed by atoms with van der Waals surface area (Å²) in [6, 6.07) is 6.79. The molecule has 34 heavy (non-hydrogen) atoms. The maximum atomic E-state index is 12.2. The summed E-state index contributed by atoms with van der Waals surface area (Å²) in [5.41, 5.74) is -0.807. The lowest BCUT2D eigenvalue weighted by atomic mass is 9.87. The average Bonchev–Trinajstić information content (AvgIpc) is 2.73. The van der Waals surface area contributed by atoms with Crippen molar-refractivity contribution in [1.82, 2.24) is 0 Å². The maximum absolute atomic E-state index is 12.2. The van der Waals surface area contributed by atoms with Crippen molar-refractivity contribution in [2.75, 3.05) is 6.61 Å². The molecule has 2 N–H and O–H groups in total. The van der Waals surface area contributed by atoms with Crippen molar-refractivity contribution >= 4 is 28.6 Å². The summed E-state index contributed by atoms with van der Waals surface area (Å²) in [6.07, 6.45) is 7.16. The SMILES string of the molecule is CC(C)(CO)CCCc1cc(=O)cc(CCCc2cc(=O)cc(CCCC(C)(C)C(=O)O)s2)s1. The van der Waals surface area contributed by atoms with Crippen LogP contribution < -0.4 is 10.9 Å². The Labute approximate surface area is 210 Å². The smallest absolute Gasteiger partial charge is 0.309 e. The van der Waals surface area contributed by atoms with Crippen LogP contribution in [0.3, 0.4) is 0 Å². The van der Waals surface area contributed by atoms with Crippen LogP contribution in [0.5, 0.6) is 0 Å². The third-order valence-corrected chi connectivity index (χ3v) is 8.43. The van der Waals surface area contributed by atoms with Gasteiger partial charge in [-0.05, 0) is 101 Å². The second-order valence-corrected chi connectivity index (χ2v) is 13.0. The summed E-state index contributed by atoms with van der Waals surface area (Å²) in [7, 11) is 0. The van der Waals surface area contributed by atoms with Crippen molar-refractivity contribution in [3.05, 3.63) is 64.2 Å². The summed E-state index contributed by atoms with van der Waals surface area (Å²) in [5.74, 6) is -0.796. The highest BCUT2D eigenvalue weighted by Gasteiger charge is 2.26. The Bertz CT molecular complexity index is 1070. The van der Waals surface area contributed by atoms with Crippen LogP contribution in [0.2, 0.25) is 0 Å². The van der Waals surface area contributed by atoms with Gasteiger partial charge in [-0.1, -0.05) is 13.8 Å². The number of rotatable bonds is 14. The summed E-state index contributed by atoms with van der Waals surface area (Å²) >= 11 is 3.31. The van der Waals surface area contributed by atoms with Gasteiger partial charge in [0.05, 0.1) is 5.41 Å². The minimum atomic E-state index is -0.796. The molecular weight excluding hydrogens is 468 g/mol. The van der Waals surface area contributed by atoms with E-state index in [9.17, 15) is 24.6 Å². The molecule has 2 rings (SSSR count). The van der Waals surface area contributed by atoms with Crippen molar-refractivity contribution in [2.24, 2.45) is 10.8 Å². The predicted molar refractivity (Wildman–Crippen MR) is 141 cm³/mol. The molecule has 5 nitrogen and oxygen atoms in total. The molecule has 188 valence electrons. The third kappa shape index (κ3) is 9.80. The third-order valence-electron chi connectivity index (χ3n) is 6.09. The van der Waals surface area contributed by atoms with Gasteiger partial charge in [-0.25, -0.2) is 0 Å². The number of aliphatic hydroxyl groups excluding tert-OH is 1. The molecule has 0 unspecified atom stereocenters. The van der Waals surface area contributed by atoms with Gasteiger partial charge in [0.1, 0.15) is 0 Å². The lowest BCUT2D eigenvalue weighted by Crippen LogP contribution is -2.23. The van der Waals surface area contributed by atoms with Gasteiger partial charge < -0.3 is 10.2 Å². The average molecular weight is 507 g/mol. The molecule has 7 heteroatoms. The Morgan fingerprint density at radius 2 is 1.12 bits per heavy atom. The Morgan fingerprint density at radius 1 is 0.735 bits per heavy atom. The number of aliphatic hydroxyl groups is 1.